The lowest BCUT2D eigenvalue weighted by Crippen LogP contribution is -2.15. The van der Waals surface area contributed by atoms with Crippen molar-refractivity contribution in [3.05, 3.63) is 70.6 Å². The second-order valence-corrected chi connectivity index (χ2v) is 4.63. The van der Waals surface area contributed by atoms with Crippen molar-refractivity contribution in [2.75, 3.05) is 12.4 Å². The van der Waals surface area contributed by atoms with Crippen LogP contribution in [0.15, 0.2) is 63.8 Å². The van der Waals surface area contributed by atoms with Gasteiger partial charge in [0, 0.05) is 6.07 Å². The Kier molecular flexibility index (Phi) is 3.62. The van der Waals surface area contributed by atoms with Crippen molar-refractivity contribution in [2.45, 2.75) is 0 Å². The molecule has 0 unspecified atom stereocenters. The summed E-state index contributed by atoms with van der Waals surface area (Å²) in [7, 11) is 1.52. The fourth-order valence-electron chi connectivity index (χ4n) is 2.15. The Morgan fingerprint density at radius 2 is 1.82 bits per heavy atom. The van der Waals surface area contributed by atoms with Crippen LogP contribution in [0.3, 0.4) is 0 Å². The molecule has 0 spiro atoms. The summed E-state index contributed by atoms with van der Waals surface area (Å²) in [6.45, 7) is 0. The zero-order valence-electron chi connectivity index (χ0n) is 11.8. The topological polar surface area (TPSA) is 68.5 Å². The molecule has 0 bridgehead atoms. The zero-order chi connectivity index (χ0) is 15.5. The maximum absolute atomic E-state index is 12.3. The van der Waals surface area contributed by atoms with Gasteiger partial charge >= 0.3 is 0 Å². The molecule has 0 saturated heterocycles. The van der Waals surface area contributed by atoms with E-state index in [0.29, 0.717) is 22.4 Å². The van der Waals surface area contributed by atoms with Crippen LogP contribution in [0.2, 0.25) is 0 Å². The van der Waals surface area contributed by atoms with Crippen molar-refractivity contribution in [3.8, 4) is 5.75 Å². The Morgan fingerprint density at radius 1 is 1.09 bits per heavy atom. The summed E-state index contributed by atoms with van der Waals surface area (Å²) in [5.41, 5.74) is 0.623. The van der Waals surface area contributed by atoms with E-state index in [9.17, 15) is 9.59 Å². The van der Waals surface area contributed by atoms with Gasteiger partial charge in [-0.2, -0.15) is 0 Å². The Bertz CT molecular complexity index is 898. The monoisotopic (exact) mass is 295 g/mol. The van der Waals surface area contributed by atoms with Crippen molar-refractivity contribution >= 4 is 22.6 Å². The van der Waals surface area contributed by atoms with Crippen molar-refractivity contribution in [1.82, 2.24) is 0 Å². The molecule has 0 radical (unpaired) electrons. The molecule has 5 nitrogen and oxygen atoms in total. The van der Waals surface area contributed by atoms with Gasteiger partial charge in [-0.25, -0.2) is 0 Å². The first-order valence-corrected chi connectivity index (χ1v) is 6.66. The lowest BCUT2D eigenvalue weighted by molar-refractivity contribution is 0.0997. The highest BCUT2D eigenvalue weighted by atomic mass is 16.5. The van der Waals surface area contributed by atoms with E-state index in [2.05, 4.69) is 5.32 Å². The second kappa shape index (κ2) is 5.73. The van der Waals surface area contributed by atoms with Crippen LogP contribution in [-0.2, 0) is 0 Å². The fourth-order valence-corrected chi connectivity index (χ4v) is 2.15. The Morgan fingerprint density at radius 3 is 2.64 bits per heavy atom. The summed E-state index contributed by atoms with van der Waals surface area (Å²) < 4.78 is 10.7. The number of ether oxygens (including phenoxy) is 1. The number of fused-ring (bicyclic) bond motifs is 1. The van der Waals surface area contributed by atoms with Crippen molar-refractivity contribution in [3.63, 3.8) is 0 Å². The average Bonchev–Trinajstić information content (AvgIpc) is 2.55. The van der Waals surface area contributed by atoms with Crippen LogP contribution in [0.4, 0.5) is 5.69 Å². The minimum atomic E-state index is -0.507. The molecule has 1 aromatic heterocycles. The predicted molar refractivity (Wildman–Crippen MR) is 83.4 cm³/mol. The number of nitrogens with one attached hydrogen (secondary N) is 1. The number of hydrogen-bond acceptors (Lipinski definition) is 4. The number of carbonyl (C=O) groups excluding carboxylic acids is 1. The van der Waals surface area contributed by atoms with E-state index in [-0.39, 0.29) is 11.2 Å². The molecule has 1 amide bonds. The maximum atomic E-state index is 12.3. The molecule has 3 aromatic rings. The van der Waals surface area contributed by atoms with Crippen molar-refractivity contribution in [2.24, 2.45) is 0 Å². The highest BCUT2D eigenvalue weighted by Gasteiger charge is 2.14. The molecule has 2 aromatic carbocycles. The first-order valence-electron chi connectivity index (χ1n) is 6.66. The SMILES string of the molecule is COc1ccccc1NC(=O)c1cc(=O)c2ccccc2o1. The largest absolute Gasteiger partial charge is 0.495 e. The molecule has 0 fully saturated rings. The predicted octanol–water partition coefficient (Wildman–Crippen LogP) is 3.05. The third-order valence-corrected chi connectivity index (χ3v) is 3.21. The minimum Gasteiger partial charge on any atom is -0.495 e. The quantitative estimate of drug-likeness (QED) is 0.806. The van der Waals surface area contributed by atoms with E-state index in [1.165, 1.54) is 13.2 Å². The lowest BCUT2D eigenvalue weighted by atomic mass is 10.2. The Balaban J connectivity index is 1.97. The summed E-state index contributed by atoms with van der Waals surface area (Å²) in [5, 5.41) is 3.11. The van der Waals surface area contributed by atoms with Gasteiger partial charge in [0.2, 0.25) is 0 Å². The number of para-hydroxylation sites is 3. The first kappa shape index (κ1) is 13.9. The van der Waals surface area contributed by atoms with Gasteiger partial charge in [0.05, 0.1) is 18.2 Å². The third kappa shape index (κ3) is 2.56. The molecule has 3 rings (SSSR count). The molecular weight excluding hydrogens is 282 g/mol. The number of carbonyl (C=O) groups is 1. The van der Waals surface area contributed by atoms with Crippen LogP contribution < -0.4 is 15.5 Å². The van der Waals surface area contributed by atoms with Gasteiger partial charge < -0.3 is 14.5 Å². The van der Waals surface area contributed by atoms with E-state index in [1.807, 2.05) is 0 Å². The first-order chi connectivity index (χ1) is 10.7. The van der Waals surface area contributed by atoms with Crippen LogP contribution in [0.1, 0.15) is 10.6 Å². The molecule has 0 aliphatic heterocycles. The zero-order valence-corrected chi connectivity index (χ0v) is 11.8. The highest BCUT2D eigenvalue weighted by molar-refractivity contribution is 6.03. The van der Waals surface area contributed by atoms with Crippen molar-refractivity contribution < 1.29 is 13.9 Å². The van der Waals surface area contributed by atoms with E-state index < -0.39 is 5.91 Å². The maximum Gasteiger partial charge on any atom is 0.291 e. The smallest absolute Gasteiger partial charge is 0.291 e. The van der Waals surface area contributed by atoms with Crippen LogP contribution in [-0.4, -0.2) is 13.0 Å². The van der Waals surface area contributed by atoms with E-state index in [1.54, 1.807) is 48.5 Å². The normalized spacial score (nSPS) is 10.4. The number of amides is 1. The van der Waals surface area contributed by atoms with Gasteiger partial charge in [0.15, 0.2) is 11.2 Å². The van der Waals surface area contributed by atoms with Gasteiger partial charge in [-0.05, 0) is 24.3 Å². The molecule has 0 aliphatic carbocycles. The molecule has 0 atom stereocenters. The summed E-state index contributed by atoms with van der Waals surface area (Å²) >= 11 is 0. The molecule has 0 saturated carbocycles. The van der Waals surface area contributed by atoms with Crippen LogP contribution >= 0.6 is 0 Å². The molecule has 0 aliphatic rings. The summed E-state index contributed by atoms with van der Waals surface area (Å²) in [4.78, 5) is 24.3. The minimum absolute atomic E-state index is 0.0467. The summed E-state index contributed by atoms with van der Waals surface area (Å²) in [6.07, 6.45) is 0. The highest BCUT2D eigenvalue weighted by Crippen LogP contribution is 2.23. The summed E-state index contributed by atoms with van der Waals surface area (Å²) in [6, 6.07) is 15.0. The number of anilines is 1. The summed E-state index contributed by atoms with van der Waals surface area (Å²) in [5.74, 6) is -0.0269. The van der Waals surface area contributed by atoms with Gasteiger partial charge in [-0.1, -0.05) is 24.3 Å². The van der Waals surface area contributed by atoms with E-state index in [4.69, 9.17) is 9.15 Å². The fraction of sp³-hybridized carbons (Fsp3) is 0.0588. The molecule has 22 heavy (non-hydrogen) atoms. The van der Waals surface area contributed by atoms with Crippen molar-refractivity contribution in [1.29, 1.82) is 0 Å². The lowest BCUT2D eigenvalue weighted by Gasteiger charge is -2.09. The number of hydrogen-bond donors (Lipinski definition) is 1. The number of methoxy groups -OCH3 is 1. The van der Waals surface area contributed by atoms with E-state index >= 15 is 0 Å². The molecular formula is C17H13NO4. The van der Waals surface area contributed by atoms with Gasteiger partial charge in [0.25, 0.3) is 5.91 Å². The second-order valence-electron chi connectivity index (χ2n) is 4.63. The van der Waals surface area contributed by atoms with Crippen LogP contribution in [0.5, 0.6) is 5.75 Å². The number of rotatable bonds is 3. The number of benzene rings is 2. The van der Waals surface area contributed by atoms with Gasteiger partial charge in [0.1, 0.15) is 11.3 Å². The Labute approximate surface area is 126 Å². The molecule has 110 valence electrons. The van der Waals surface area contributed by atoms with E-state index in [0.717, 1.165) is 0 Å². The molecule has 1 N–H and O–H groups in total. The Hall–Kier alpha value is -3.08. The standard InChI is InChI=1S/C17H13NO4/c1-21-15-9-5-3-7-12(15)18-17(20)16-10-13(19)11-6-2-4-8-14(11)22-16/h2-10H,1H3,(H,18,20). The van der Waals surface area contributed by atoms with Gasteiger partial charge in [-0.3, -0.25) is 9.59 Å². The van der Waals surface area contributed by atoms with Gasteiger partial charge in [-0.15, -0.1) is 0 Å². The molecule has 1 heterocycles. The van der Waals surface area contributed by atoms with Crippen LogP contribution in [0.25, 0.3) is 11.0 Å². The van der Waals surface area contributed by atoms with Crippen LogP contribution in [0, 0.1) is 0 Å². The third-order valence-electron chi connectivity index (χ3n) is 3.21. The molecule has 5 heteroatoms. The average molecular weight is 295 g/mol.